The molecule has 0 aliphatic rings. The Labute approximate surface area is 123 Å². The minimum absolute atomic E-state index is 0.279. The van der Waals surface area contributed by atoms with Gasteiger partial charge < -0.3 is 5.43 Å². The zero-order valence-corrected chi connectivity index (χ0v) is 11.4. The Morgan fingerprint density at radius 1 is 1.25 bits per heavy atom. The van der Waals surface area contributed by atoms with Crippen LogP contribution in [0.4, 0.5) is 27.6 Å². The number of halogens is 7. The second kappa shape index (κ2) is 5.77. The highest BCUT2D eigenvalue weighted by Crippen LogP contribution is 2.49. The fourth-order valence-corrected chi connectivity index (χ4v) is 2.26. The molecule has 3 N–H and O–H groups in total. The van der Waals surface area contributed by atoms with Crippen LogP contribution in [0.3, 0.4) is 0 Å². The first kappa shape index (κ1) is 17.0. The van der Waals surface area contributed by atoms with Gasteiger partial charge in [0.2, 0.25) is 0 Å². The van der Waals surface area contributed by atoms with E-state index in [0.717, 1.165) is 0 Å². The van der Waals surface area contributed by atoms with Crippen LogP contribution in [0.2, 0.25) is 10.2 Å². The van der Waals surface area contributed by atoms with Crippen LogP contribution in [0, 0.1) is 11.3 Å². The van der Waals surface area contributed by atoms with Gasteiger partial charge in [-0.05, 0) is 11.8 Å². The van der Waals surface area contributed by atoms with Crippen LogP contribution in [0.15, 0.2) is 5.03 Å². The summed E-state index contributed by atoms with van der Waals surface area (Å²) in [6.45, 7) is 0. The van der Waals surface area contributed by atoms with Crippen molar-refractivity contribution in [3.8, 4) is 6.07 Å². The SMILES string of the molecule is N#Cc1c(Cl)c(SC(F)(F)C(F)(F)F)nc(Cl)c1NN. The lowest BCUT2D eigenvalue weighted by Gasteiger charge is -2.19. The van der Waals surface area contributed by atoms with Gasteiger partial charge in [-0.15, -0.1) is 0 Å². The molecule has 20 heavy (non-hydrogen) atoms. The van der Waals surface area contributed by atoms with Crippen molar-refractivity contribution in [2.75, 3.05) is 5.43 Å². The van der Waals surface area contributed by atoms with Gasteiger partial charge in [-0.2, -0.15) is 27.2 Å². The molecule has 0 atom stereocenters. The monoisotopic (exact) mass is 352 g/mol. The first-order valence-electron chi connectivity index (χ1n) is 4.44. The van der Waals surface area contributed by atoms with Crippen molar-refractivity contribution in [1.82, 2.24) is 4.98 Å². The number of aromatic nitrogens is 1. The maximum atomic E-state index is 12.9. The highest BCUT2D eigenvalue weighted by atomic mass is 35.5. The topological polar surface area (TPSA) is 74.7 Å². The lowest BCUT2D eigenvalue weighted by Crippen LogP contribution is -2.32. The number of hydrogen-bond donors (Lipinski definition) is 2. The van der Waals surface area contributed by atoms with E-state index in [1.54, 1.807) is 0 Å². The molecule has 0 saturated heterocycles. The number of nitrogen functional groups attached to an aromatic ring is 1. The van der Waals surface area contributed by atoms with Gasteiger partial charge in [0.05, 0.1) is 5.02 Å². The quantitative estimate of drug-likeness (QED) is 0.284. The maximum Gasteiger partial charge on any atom is 0.464 e. The summed E-state index contributed by atoms with van der Waals surface area (Å²) < 4.78 is 62.2. The summed E-state index contributed by atoms with van der Waals surface area (Å²) in [5.41, 5.74) is 1.19. The Morgan fingerprint density at radius 3 is 2.20 bits per heavy atom. The van der Waals surface area contributed by atoms with E-state index >= 15 is 0 Å². The first-order chi connectivity index (χ1) is 9.05. The van der Waals surface area contributed by atoms with Gasteiger partial charge in [0.1, 0.15) is 22.3 Å². The van der Waals surface area contributed by atoms with E-state index in [-0.39, 0.29) is 5.69 Å². The molecule has 0 unspecified atom stereocenters. The Balaban J connectivity index is 3.36. The van der Waals surface area contributed by atoms with Gasteiger partial charge in [0.15, 0.2) is 5.15 Å². The predicted molar refractivity (Wildman–Crippen MR) is 63.6 cm³/mol. The lowest BCUT2D eigenvalue weighted by atomic mass is 10.2. The third-order valence-electron chi connectivity index (χ3n) is 1.87. The molecular formula is C8H3Cl2F5N4S. The number of rotatable bonds is 3. The van der Waals surface area contributed by atoms with E-state index in [0.29, 0.717) is 0 Å². The predicted octanol–water partition coefficient (Wildman–Crippen LogP) is 3.79. The van der Waals surface area contributed by atoms with Crippen LogP contribution >= 0.6 is 35.0 Å². The second-order valence-electron chi connectivity index (χ2n) is 3.14. The van der Waals surface area contributed by atoms with Crippen LogP contribution in [-0.2, 0) is 0 Å². The average molecular weight is 353 g/mol. The third kappa shape index (κ3) is 3.17. The van der Waals surface area contributed by atoms with E-state index in [9.17, 15) is 22.0 Å². The summed E-state index contributed by atoms with van der Waals surface area (Å²) in [5, 5.41) is 1.45. The standard InChI is InChI=1S/C8H3Cl2F5N4S/c9-3-2(1-16)4(19-17)5(10)18-6(3)20-8(14,15)7(11,12)13/h19H,17H2. The Morgan fingerprint density at radius 2 is 1.80 bits per heavy atom. The molecule has 0 saturated carbocycles. The summed E-state index contributed by atoms with van der Waals surface area (Å²) in [5.74, 6) is 5.02. The van der Waals surface area contributed by atoms with Gasteiger partial charge >= 0.3 is 11.4 Å². The third-order valence-corrected chi connectivity index (χ3v) is 3.60. The number of nitrogens with zero attached hydrogens (tertiary/aromatic N) is 2. The molecule has 0 aliphatic carbocycles. The minimum atomic E-state index is -5.81. The van der Waals surface area contributed by atoms with E-state index in [2.05, 4.69) is 4.98 Å². The summed E-state index contributed by atoms with van der Waals surface area (Å²) in [7, 11) is 0. The number of anilines is 1. The van der Waals surface area contributed by atoms with Crippen molar-refractivity contribution in [3.63, 3.8) is 0 Å². The van der Waals surface area contributed by atoms with Crippen molar-refractivity contribution in [2.24, 2.45) is 5.84 Å². The fraction of sp³-hybridized carbons (Fsp3) is 0.250. The van der Waals surface area contributed by atoms with Gasteiger partial charge in [-0.1, -0.05) is 23.2 Å². The average Bonchev–Trinajstić information content (AvgIpc) is 2.31. The number of thioether (sulfide) groups is 1. The smallest absolute Gasteiger partial charge is 0.320 e. The molecule has 1 aromatic heterocycles. The molecular weight excluding hydrogens is 350 g/mol. The molecule has 0 bridgehead atoms. The number of nitriles is 1. The number of alkyl halides is 5. The zero-order chi connectivity index (χ0) is 15.7. The highest BCUT2D eigenvalue weighted by Gasteiger charge is 2.59. The molecule has 0 radical (unpaired) electrons. The van der Waals surface area contributed by atoms with Crippen LogP contribution < -0.4 is 11.3 Å². The first-order valence-corrected chi connectivity index (χ1v) is 6.01. The molecule has 4 nitrogen and oxygen atoms in total. The van der Waals surface area contributed by atoms with E-state index in [4.69, 9.17) is 34.3 Å². The Bertz CT molecular complexity index is 571. The minimum Gasteiger partial charge on any atom is -0.320 e. The maximum absolute atomic E-state index is 12.9. The van der Waals surface area contributed by atoms with Crippen molar-refractivity contribution < 1.29 is 22.0 Å². The highest BCUT2D eigenvalue weighted by molar-refractivity contribution is 8.00. The van der Waals surface area contributed by atoms with Crippen molar-refractivity contribution in [2.45, 2.75) is 16.5 Å². The molecule has 0 fully saturated rings. The van der Waals surface area contributed by atoms with Gasteiger partial charge in [0.25, 0.3) is 0 Å². The van der Waals surface area contributed by atoms with Crippen molar-refractivity contribution in [1.29, 1.82) is 5.26 Å². The van der Waals surface area contributed by atoms with Crippen LogP contribution in [0.5, 0.6) is 0 Å². The summed E-state index contributed by atoms with van der Waals surface area (Å²) in [6, 6.07) is 1.48. The number of nitrogens with two attached hydrogens (primary N) is 1. The second-order valence-corrected chi connectivity index (χ2v) is 4.98. The normalized spacial score (nSPS) is 12.2. The summed E-state index contributed by atoms with van der Waals surface area (Å²) in [6.07, 6.45) is -5.81. The van der Waals surface area contributed by atoms with E-state index < -0.39 is 44.0 Å². The lowest BCUT2D eigenvalue weighted by molar-refractivity contribution is -0.237. The number of nitrogens with one attached hydrogen (secondary N) is 1. The van der Waals surface area contributed by atoms with E-state index in [1.165, 1.54) is 6.07 Å². The van der Waals surface area contributed by atoms with Gasteiger partial charge in [-0.3, -0.25) is 5.84 Å². The molecule has 0 amide bonds. The molecule has 1 rings (SSSR count). The zero-order valence-electron chi connectivity index (χ0n) is 9.03. The summed E-state index contributed by atoms with van der Waals surface area (Å²) in [4.78, 5) is 3.27. The van der Waals surface area contributed by atoms with Gasteiger partial charge in [0, 0.05) is 0 Å². The molecule has 0 spiro atoms. The molecule has 0 aromatic carbocycles. The van der Waals surface area contributed by atoms with Crippen LogP contribution in [-0.4, -0.2) is 16.4 Å². The van der Waals surface area contributed by atoms with Crippen molar-refractivity contribution >= 4 is 40.7 Å². The number of hydrazine groups is 1. The number of pyridine rings is 1. The Hall–Kier alpha value is -1.02. The Kier molecular flexibility index (Phi) is 4.91. The van der Waals surface area contributed by atoms with Crippen molar-refractivity contribution in [3.05, 3.63) is 15.7 Å². The number of hydrogen-bond acceptors (Lipinski definition) is 5. The molecule has 0 aliphatic heterocycles. The molecule has 12 heteroatoms. The van der Waals surface area contributed by atoms with E-state index in [1.807, 2.05) is 5.43 Å². The fourth-order valence-electron chi connectivity index (χ4n) is 0.998. The molecule has 1 aromatic rings. The molecule has 1 heterocycles. The molecule has 110 valence electrons. The summed E-state index contributed by atoms with van der Waals surface area (Å²) >= 11 is 10.1. The van der Waals surface area contributed by atoms with Crippen LogP contribution in [0.1, 0.15) is 5.56 Å². The largest absolute Gasteiger partial charge is 0.464 e. The van der Waals surface area contributed by atoms with Gasteiger partial charge in [-0.25, -0.2) is 4.98 Å². The van der Waals surface area contributed by atoms with Crippen LogP contribution in [0.25, 0.3) is 0 Å².